The van der Waals surface area contributed by atoms with Gasteiger partial charge in [-0.25, -0.2) is 4.68 Å². The van der Waals surface area contributed by atoms with E-state index in [1.165, 1.54) is 5.56 Å². The van der Waals surface area contributed by atoms with E-state index in [9.17, 15) is 0 Å². The van der Waals surface area contributed by atoms with Crippen molar-refractivity contribution in [3.63, 3.8) is 0 Å². The first kappa shape index (κ1) is 14.1. The number of hydrogen-bond donors (Lipinski definition) is 1. The summed E-state index contributed by atoms with van der Waals surface area (Å²) in [6, 6.07) is 6.11. The summed E-state index contributed by atoms with van der Waals surface area (Å²) in [5.41, 5.74) is 5.58. The van der Waals surface area contributed by atoms with Crippen molar-refractivity contribution in [2.24, 2.45) is 0 Å². The van der Waals surface area contributed by atoms with Crippen LogP contribution in [0.3, 0.4) is 0 Å². The van der Waals surface area contributed by atoms with Gasteiger partial charge in [-0.15, -0.1) is 0 Å². The average molecular weight is 278 g/mol. The maximum absolute atomic E-state index is 6.33. The summed E-state index contributed by atoms with van der Waals surface area (Å²) >= 11 is 6.33. The lowest BCUT2D eigenvalue weighted by Gasteiger charge is -2.09. The molecule has 0 amide bonds. The molecule has 0 saturated carbocycles. The molecule has 102 valence electrons. The monoisotopic (exact) mass is 277 g/mol. The number of nitrogens with one attached hydrogen (secondary N) is 1. The van der Waals surface area contributed by atoms with Gasteiger partial charge >= 0.3 is 0 Å². The van der Waals surface area contributed by atoms with Gasteiger partial charge in [-0.2, -0.15) is 5.10 Å². The third-order valence-electron chi connectivity index (χ3n) is 3.50. The van der Waals surface area contributed by atoms with Crippen molar-refractivity contribution in [2.45, 2.75) is 34.2 Å². The Morgan fingerprint density at radius 3 is 2.53 bits per heavy atom. The third kappa shape index (κ3) is 2.82. The molecule has 3 nitrogen and oxygen atoms in total. The van der Waals surface area contributed by atoms with E-state index >= 15 is 0 Å². The molecular weight excluding hydrogens is 258 g/mol. The van der Waals surface area contributed by atoms with Crippen molar-refractivity contribution >= 4 is 11.6 Å². The van der Waals surface area contributed by atoms with Crippen molar-refractivity contribution in [1.82, 2.24) is 15.1 Å². The quantitative estimate of drug-likeness (QED) is 0.926. The van der Waals surface area contributed by atoms with E-state index in [1.807, 2.05) is 17.7 Å². The van der Waals surface area contributed by atoms with Crippen LogP contribution in [0.2, 0.25) is 5.02 Å². The molecule has 1 aromatic carbocycles. The van der Waals surface area contributed by atoms with Crippen LogP contribution in [0.4, 0.5) is 0 Å². The van der Waals surface area contributed by atoms with Gasteiger partial charge in [0.25, 0.3) is 0 Å². The zero-order valence-electron chi connectivity index (χ0n) is 11.9. The van der Waals surface area contributed by atoms with Gasteiger partial charge in [-0.3, -0.25) is 0 Å². The molecule has 0 atom stereocenters. The van der Waals surface area contributed by atoms with E-state index in [1.54, 1.807) is 0 Å². The van der Waals surface area contributed by atoms with E-state index in [-0.39, 0.29) is 0 Å². The summed E-state index contributed by atoms with van der Waals surface area (Å²) in [6.07, 6.45) is 0. The molecule has 1 N–H and O–H groups in total. The molecule has 1 aromatic heterocycles. The van der Waals surface area contributed by atoms with Gasteiger partial charge in [0.2, 0.25) is 0 Å². The van der Waals surface area contributed by atoms with Crippen LogP contribution in [0, 0.1) is 20.8 Å². The maximum Gasteiger partial charge on any atom is 0.0663 e. The summed E-state index contributed by atoms with van der Waals surface area (Å²) in [6.45, 7) is 10.0. The van der Waals surface area contributed by atoms with Crippen molar-refractivity contribution in [1.29, 1.82) is 0 Å². The highest BCUT2D eigenvalue weighted by Crippen LogP contribution is 2.22. The first-order valence-electron chi connectivity index (χ1n) is 6.57. The summed E-state index contributed by atoms with van der Waals surface area (Å²) in [7, 11) is 0. The summed E-state index contributed by atoms with van der Waals surface area (Å²) in [5.74, 6) is 0. The molecular formula is C15H20ClN3. The smallest absolute Gasteiger partial charge is 0.0663 e. The lowest BCUT2D eigenvalue weighted by molar-refractivity contribution is 0.726. The molecule has 0 saturated heterocycles. The number of hydrogen-bond acceptors (Lipinski definition) is 2. The van der Waals surface area contributed by atoms with Crippen LogP contribution in [0.25, 0.3) is 5.69 Å². The fraction of sp³-hybridized carbons (Fsp3) is 0.400. The number of benzene rings is 1. The zero-order chi connectivity index (χ0) is 14.0. The topological polar surface area (TPSA) is 29.9 Å². The van der Waals surface area contributed by atoms with Gasteiger partial charge in [-0.05, 0) is 50.6 Å². The molecule has 0 unspecified atom stereocenters. The molecule has 0 bridgehead atoms. The second kappa shape index (κ2) is 5.76. The molecule has 4 heteroatoms. The van der Waals surface area contributed by atoms with Crippen molar-refractivity contribution in [2.75, 3.05) is 6.54 Å². The lowest BCUT2D eigenvalue weighted by atomic mass is 10.2. The standard InChI is InChI=1S/C15H20ClN3/c1-5-17-9-13-6-7-14(8-15(13)16)19-12(4)10(2)11(3)18-19/h6-8,17H,5,9H2,1-4H3. The fourth-order valence-electron chi connectivity index (χ4n) is 2.04. The van der Waals surface area contributed by atoms with Gasteiger partial charge in [0, 0.05) is 17.3 Å². The first-order chi connectivity index (χ1) is 9.04. The third-order valence-corrected chi connectivity index (χ3v) is 3.85. The predicted molar refractivity (Wildman–Crippen MR) is 80.2 cm³/mol. The largest absolute Gasteiger partial charge is 0.313 e. The van der Waals surface area contributed by atoms with Crippen molar-refractivity contribution in [3.8, 4) is 5.69 Å². The number of aryl methyl sites for hydroxylation is 1. The summed E-state index contributed by atoms with van der Waals surface area (Å²) in [5, 5.41) is 8.62. The Labute approximate surface area is 119 Å². The van der Waals surface area contributed by atoms with Crippen LogP contribution in [0.15, 0.2) is 18.2 Å². The Morgan fingerprint density at radius 1 is 1.26 bits per heavy atom. The normalized spacial score (nSPS) is 11.0. The molecule has 0 spiro atoms. The number of aromatic nitrogens is 2. The fourth-order valence-corrected chi connectivity index (χ4v) is 2.28. The van der Waals surface area contributed by atoms with Gasteiger partial charge in [0.1, 0.15) is 0 Å². The second-order valence-corrected chi connectivity index (χ2v) is 5.17. The number of nitrogens with zero attached hydrogens (tertiary/aromatic N) is 2. The van der Waals surface area contributed by atoms with E-state index < -0.39 is 0 Å². The predicted octanol–water partition coefficient (Wildman–Crippen LogP) is 3.56. The first-order valence-corrected chi connectivity index (χ1v) is 6.94. The molecule has 19 heavy (non-hydrogen) atoms. The van der Waals surface area contributed by atoms with Crippen LogP contribution in [0.1, 0.15) is 29.4 Å². The second-order valence-electron chi connectivity index (χ2n) is 4.76. The van der Waals surface area contributed by atoms with Crippen molar-refractivity contribution < 1.29 is 0 Å². The molecule has 1 heterocycles. The van der Waals surface area contributed by atoms with Crippen LogP contribution < -0.4 is 5.32 Å². The van der Waals surface area contributed by atoms with Crippen molar-refractivity contribution in [3.05, 3.63) is 45.7 Å². The summed E-state index contributed by atoms with van der Waals surface area (Å²) in [4.78, 5) is 0. The Hall–Kier alpha value is -1.32. The molecule has 0 aliphatic carbocycles. The van der Waals surface area contributed by atoms with Gasteiger partial charge in [0.15, 0.2) is 0 Å². The number of rotatable bonds is 4. The van der Waals surface area contributed by atoms with Gasteiger partial charge in [-0.1, -0.05) is 24.6 Å². The van der Waals surface area contributed by atoms with E-state index in [0.29, 0.717) is 0 Å². The van der Waals surface area contributed by atoms with Gasteiger partial charge in [0.05, 0.1) is 11.4 Å². The number of halogens is 1. The van der Waals surface area contributed by atoms with E-state index in [0.717, 1.165) is 40.8 Å². The highest BCUT2D eigenvalue weighted by Gasteiger charge is 2.10. The average Bonchev–Trinajstić information content (AvgIpc) is 2.65. The maximum atomic E-state index is 6.33. The molecule has 0 fully saturated rings. The minimum Gasteiger partial charge on any atom is -0.313 e. The highest BCUT2D eigenvalue weighted by molar-refractivity contribution is 6.31. The van der Waals surface area contributed by atoms with Crippen LogP contribution in [0.5, 0.6) is 0 Å². The molecule has 2 rings (SSSR count). The SMILES string of the molecule is CCNCc1ccc(-n2nc(C)c(C)c2C)cc1Cl. The van der Waals surface area contributed by atoms with Crippen LogP contribution >= 0.6 is 11.6 Å². The molecule has 2 aromatic rings. The van der Waals surface area contributed by atoms with E-state index in [4.69, 9.17) is 11.6 Å². The van der Waals surface area contributed by atoms with Crippen LogP contribution in [-0.4, -0.2) is 16.3 Å². The lowest BCUT2D eigenvalue weighted by Crippen LogP contribution is -2.12. The van der Waals surface area contributed by atoms with Crippen LogP contribution in [-0.2, 0) is 6.54 Å². The molecule has 0 radical (unpaired) electrons. The minimum absolute atomic E-state index is 0.781. The molecule has 0 aliphatic rings. The summed E-state index contributed by atoms with van der Waals surface area (Å²) < 4.78 is 1.95. The Morgan fingerprint density at radius 2 is 2.00 bits per heavy atom. The minimum atomic E-state index is 0.781. The Balaban J connectivity index is 2.36. The zero-order valence-corrected chi connectivity index (χ0v) is 12.7. The van der Waals surface area contributed by atoms with Gasteiger partial charge < -0.3 is 5.32 Å². The van der Waals surface area contributed by atoms with E-state index in [2.05, 4.69) is 43.3 Å². The Bertz CT molecular complexity index is 587. The molecule has 0 aliphatic heterocycles. The Kier molecular flexibility index (Phi) is 4.27. The highest BCUT2D eigenvalue weighted by atomic mass is 35.5.